The third-order valence-corrected chi connectivity index (χ3v) is 5.42. The Hall–Kier alpha value is -0.660. The number of thiazole rings is 1. The van der Waals surface area contributed by atoms with E-state index in [0.717, 1.165) is 56.0 Å². The molecule has 1 aromatic rings. The maximum absolute atomic E-state index is 12.6. The van der Waals surface area contributed by atoms with E-state index in [1.165, 1.54) is 0 Å². The Kier molecular flexibility index (Phi) is 11.7. The molecule has 1 atom stereocenters. The van der Waals surface area contributed by atoms with Gasteiger partial charge in [0.15, 0.2) is 11.7 Å². The molecule has 0 saturated carbocycles. The number of nitrogens with one attached hydrogen (secondary N) is 2. The summed E-state index contributed by atoms with van der Waals surface area (Å²) >= 11 is 1.03. The van der Waals surface area contributed by atoms with E-state index in [-0.39, 0.29) is 24.0 Å². The SMILES string of the molecule is CN=C(NCCc1nc(C(F)(F)F)cs1)NCC(CC(C)C)N1CCOCC1.I. The maximum atomic E-state index is 12.6. The first-order valence-electron chi connectivity index (χ1n) is 9.57. The van der Waals surface area contributed by atoms with E-state index in [1.807, 2.05) is 0 Å². The number of morpholine rings is 1. The molecule has 1 fully saturated rings. The minimum Gasteiger partial charge on any atom is -0.379 e. The molecule has 1 aromatic heterocycles. The summed E-state index contributed by atoms with van der Waals surface area (Å²) in [6.45, 7) is 9.02. The summed E-state index contributed by atoms with van der Waals surface area (Å²) in [5.74, 6) is 1.23. The van der Waals surface area contributed by atoms with Crippen LogP contribution in [0.15, 0.2) is 10.4 Å². The highest BCUT2D eigenvalue weighted by molar-refractivity contribution is 14.0. The normalized spacial score (nSPS) is 17.1. The summed E-state index contributed by atoms with van der Waals surface area (Å²) in [6, 6.07) is 0.385. The topological polar surface area (TPSA) is 61.8 Å². The molecule has 0 aliphatic carbocycles. The zero-order valence-electron chi connectivity index (χ0n) is 17.1. The second kappa shape index (κ2) is 12.9. The van der Waals surface area contributed by atoms with Crippen molar-refractivity contribution in [2.45, 2.75) is 38.9 Å². The van der Waals surface area contributed by atoms with Crippen LogP contribution >= 0.6 is 35.3 Å². The molecule has 0 aromatic carbocycles. The van der Waals surface area contributed by atoms with Crippen molar-refractivity contribution in [1.82, 2.24) is 20.5 Å². The Labute approximate surface area is 191 Å². The van der Waals surface area contributed by atoms with E-state index in [2.05, 4.69) is 39.4 Å². The number of hydrogen-bond donors (Lipinski definition) is 2. The summed E-state index contributed by atoms with van der Waals surface area (Å²) in [7, 11) is 1.69. The third-order valence-electron chi connectivity index (χ3n) is 4.51. The molecule has 2 rings (SSSR count). The molecule has 0 amide bonds. The average Bonchev–Trinajstić information content (AvgIpc) is 3.13. The average molecular weight is 549 g/mol. The van der Waals surface area contributed by atoms with Gasteiger partial charge in [0, 0.05) is 51.1 Å². The Balaban J connectivity index is 0.00000420. The number of guanidine groups is 1. The fourth-order valence-corrected chi connectivity index (χ4v) is 3.93. The van der Waals surface area contributed by atoms with Crippen molar-refractivity contribution in [1.29, 1.82) is 0 Å². The van der Waals surface area contributed by atoms with Gasteiger partial charge in [-0.2, -0.15) is 13.2 Å². The number of ether oxygens (including phenoxy) is 1. The third kappa shape index (κ3) is 9.35. The molecule has 168 valence electrons. The molecule has 0 spiro atoms. The maximum Gasteiger partial charge on any atom is 0.434 e. The van der Waals surface area contributed by atoms with E-state index in [1.54, 1.807) is 7.05 Å². The fraction of sp³-hybridized carbons (Fsp3) is 0.778. The van der Waals surface area contributed by atoms with Gasteiger partial charge in [-0.1, -0.05) is 13.8 Å². The molecule has 11 heteroatoms. The van der Waals surface area contributed by atoms with Gasteiger partial charge in [-0.25, -0.2) is 4.98 Å². The van der Waals surface area contributed by atoms with Gasteiger partial charge < -0.3 is 15.4 Å². The fourth-order valence-electron chi connectivity index (χ4n) is 3.13. The molecule has 0 bridgehead atoms. The van der Waals surface area contributed by atoms with Crippen molar-refractivity contribution < 1.29 is 17.9 Å². The van der Waals surface area contributed by atoms with Crippen molar-refractivity contribution in [3.63, 3.8) is 0 Å². The lowest BCUT2D eigenvalue weighted by Gasteiger charge is -2.35. The minimum atomic E-state index is -4.38. The Morgan fingerprint density at radius 3 is 2.55 bits per heavy atom. The van der Waals surface area contributed by atoms with Gasteiger partial charge in [0.1, 0.15) is 0 Å². The van der Waals surface area contributed by atoms with E-state index in [9.17, 15) is 13.2 Å². The summed E-state index contributed by atoms with van der Waals surface area (Å²) in [4.78, 5) is 10.3. The number of alkyl halides is 3. The Morgan fingerprint density at radius 2 is 2.00 bits per heavy atom. The Morgan fingerprint density at radius 1 is 1.31 bits per heavy atom. The molecule has 0 radical (unpaired) electrons. The van der Waals surface area contributed by atoms with Crippen LogP contribution in [0.5, 0.6) is 0 Å². The Bertz CT molecular complexity index is 621. The summed E-state index contributed by atoms with van der Waals surface area (Å²) in [5, 5.41) is 8.02. The summed E-state index contributed by atoms with van der Waals surface area (Å²) < 4.78 is 43.3. The second-order valence-electron chi connectivity index (χ2n) is 7.19. The monoisotopic (exact) mass is 549 g/mol. The predicted molar refractivity (Wildman–Crippen MR) is 121 cm³/mol. The van der Waals surface area contributed by atoms with Gasteiger partial charge in [0.05, 0.1) is 18.2 Å². The molecule has 29 heavy (non-hydrogen) atoms. The number of rotatable bonds is 8. The zero-order chi connectivity index (χ0) is 20.6. The molecule has 1 aliphatic rings. The van der Waals surface area contributed by atoms with E-state index in [4.69, 9.17) is 4.74 Å². The lowest BCUT2D eigenvalue weighted by molar-refractivity contribution is -0.140. The quantitative estimate of drug-likeness (QED) is 0.296. The van der Waals surface area contributed by atoms with Crippen molar-refractivity contribution in [2.75, 3.05) is 46.4 Å². The van der Waals surface area contributed by atoms with Crippen molar-refractivity contribution >= 4 is 41.3 Å². The van der Waals surface area contributed by atoms with Crippen LogP contribution in [0.4, 0.5) is 13.2 Å². The van der Waals surface area contributed by atoms with Crippen molar-refractivity contribution in [3.05, 3.63) is 16.1 Å². The first kappa shape index (κ1) is 26.4. The predicted octanol–water partition coefficient (Wildman–Crippen LogP) is 3.23. The number of nitrogens with zero attached hydrogens (tertiary/aromatic N) is 3. The highest BCUT2D eigenvalue weighted by Crippen LogP contribution is 2.30. The van der Waals surface area contributed by atoms with Crippen LogP contribution in [0.1, 0.15) is 31.0 Å². The van der Waals surface area contributed by atoms with Gasteiger partial charge in [0.25, 0.3) is 0 Å². The van der Waals surface area contributed by atoms with Gasteiger partial charge in [0.2, 0.25) is 0 Å². The van der Waals surface area contributed by atoms with Crippen LogP contribution < -0.4 is 10.6 Å². The largest absolute Gasteiger partial charge is 0.434 e. The van der Waals surface area contributed by atoms with Crippen molar-refractivity contribution in [3.8, 4) is 0 Å². The van der Waals surface area contributed by atoms with Crippen LogP contribution in [0.25, 0.3) is 0 Å². The highest BCUT2D eigenvalue weighted by Gasteiger charge is 2.33. The van der Waals surface area contributed by atoms with E-state index < -0.39 is 11.9 Å². The molecule has 6 nitrogen and oxygen atoms in total. The number of halogens is 4. The molecule has 2 N–H and O–H groups in total. The first-order valence-corrected chi connectivity index (χ1v) is 10.5. The van der Waals surface area contributed by atoms with Gasteiger partial charge >= 0.3 is 6.18 Å². The summed E-state index contributed by atoms with van der Waals surface area (Å²) in [6.07, 6.45) is -2.89. The zero-order valence-corrected chi connectivity index (χ0v) is 20.2. The van der Waals surface area contributed by atoms with Gasteiger partial charge in [-0.3, -0.25) is 9.89 Å². The molecule has 1 aliphatic heterocycles. The smallest absolute Gasteiger partial charge is 0.379 e. The molecular formula is C18H31F3IN5OS. The molecule has 1 saturated heterocycles. The van der Waals surface area contributed by atoms with Crippen LogP contribution in [-0.2, 0) is 17.3 Å². The minimum absolute atomic E-state index is 0. The highest BCUT2D eigenvalue weighted by atomic mass is 127. The lowest BCUT2D eigenvalue weighted by atomic mass is 10.0. The number of aromatic nitrogens is 1. The molecular weight excluding hydrogens is 518 g/mol. The van der Waals surface area contributed by atoms with Gasteiger partial charge in [-0.15, -0.1) is 35.3 Å². The second-order valence-corrected chi connectivity index (χ2v) is 8.13. The van der Waals surface area contributed by atoms with Gasteiger partial charge in [-0.05, 0) is 12.3 Å². The van der Waals surface area contributed by atoms with E-state index in [0.29, 0.717) is 35.9 Å². The van der Waals surface area contributed by atoms with Crippen LogP contribution in [0.3, 0.4) is 0 Å². The summed E-state index contributed by atoms with van der Waals surface area (Å²) in [5.41, 5.74) is -0.822. The van der Waals surface area contributed by atoms with Crippen molar-refractivity contribution in [2.24, 2.45) is 10.9 Å². The van der Waals surface area contributed by atoms with E-state index >= 15 is 0 Å². The van der Waals surface area contributed by atoms with Crippen LogP contribution in [0, 0.1) is 5.92 Å². The molecule has 1 unspecified atom stereocenters. The standard InChI is InChI=1S/C18H30F3N5OS.HI/c1-13(2)10-14(26-6-8-27-9-7-26)11-24-17(22-3)23-5-4-16-25-15(12-28-16)18(19,20)21;/h12-14H,4-11H2,1-3H3,(H2,22,23,24);1H. The first-order chi connectivity index (χ1) is 13.3. The van der Waals surface area contributed by atoms with Crippen LogP contribution in [0.2, 0.25) is 0 Å². The molecule has 2 heterocycles. The lowest BCUT2D eigenvalue weighted by Crippen LogP contribution is -2.51. The number of aliphatic imine (C=N–C) groups is 1. The van der Waals surface area contributed by atoms with Crippen LogP contribution in [-0.4, -0.2) is 68.3 Å². The number of hydrogen-bond acceptors (Lipinski definition) is 5.